The maximum atomic E-state index is 12.5. The number of nitrogens with zero attached hydrogens (tertiary/aromatic N) is 2. The molecule has 0 spiro atoms. The number of sulfonamides is 1. The lowest BCUT2D eigenvalue weighted by molar-refractivity contribution is 0.414. The summed E-state index contributed by atoms with van der Waals surface area (Å²) in [4.78, 5) is 4.74. The highest BCUT2D eigenvalue weighted by atomic mass is 32.2. The molecule has 1 unspecified atom stereocenters. The summed E-state index contributed by atoms with van der Waals surface area (Å²) in [5.74, 6) is 1.40. The van der Waals surface area contributed by atoms with Crippen molar-refractivity contribution in [3.05, 3.63) is 65.5 Å². The van der Waals surface area contributed by atoms with Crippen LogP contribution in [0.3, 0.4) is 0 Å². The Morgan fingerprint density at radius 2 is 1.87 bits per heavy atom. The van der Waals surface area contributed by atoms with E-state index in [1.807, 2.05) is 19.1 Å². The van der Waals surface area contributed by atoms with Crippen molar-refractivity contribution in [3.8, 4) is 5.75 Å². The Kier molecular flexibility index (Phi) is 7.41. The van der Waals surface area contributed by atoms with E-state index in [4.69, 9.17) is 4.74 Å². The van der Waals surface area contributed by atoms with E-state index in [1.165, 1.54) is 34.8 Å². The summed E-state index contributed by atoms with van der Waals surface area (Å²) in [6.45, 7) is 4.51. The molecule has 3 aromatic rings. The van der Waals surface area contributed by atoms with Crippen LogP contribution in [0.4, 0.5) is 5.13 Å². The van der Waals surface area contributed by atoms with Gasteiger partial charge in [-0.2, -0.15) is 4.37 Å². The highest BCUT2D eigenvalue weighted by Crippen LogP contribution is 2.18. The first-order chi connectivity index (χ1) is 14.4. The van der Waals surface area contributed by atoms with Crippen LogP contribution >= 0.6 is 11.5 Å². The number of aryl methyl sites for hydroxylation is 1. The molecule has 0 aliphatic rings. The van der Waals surface area contributed by atoms with Gasteiger partial charge in [-0.25, -0.2) is 18.1 Å². The third-order valence-corrected chi connectivity index (χ3v) is 6.97. The van der Waals surface area contributed by atoms with Crippen LogP contribution in [0.5, 0.6) is 5.75 Å². The van der Waals surface area contributed by atoms with Gasteiger partial charge in [-0.05, 0) is 55.7 Å². The van der Waals surface area contributed by atoms with Gasteiger partial charge in [0.05, 0.1) is 12.0 Å². The minimum Gasteiger partial charge on any atom is -0.497 e. The van der Waals surface area contributed by atoms with Crippen LogP contribution in [0.25, 0.3) is 0 Å². The van der Waals surface area contributed by atoms with Crippen molar-refractivity contribution < 1.29 is 13.2 Å². The first-order valence-corrected chi connectivity index (χ1v) is 11.9. The highest BCUT2D eigenvalue weighted by Gasteiger charge is 2.17. The zero-order chi connectivity index (χ0) is 21.6. The van der Waals surface area contributed by atoms with E-state index in [0.29, 0.717) is 25.1 Å². The van der Waals surface area contributed by atoms with Gasteiger partial charge in [-0.15, -0.1) is 0 Å². The Bertz CT molecular complexity index is 1070. The lowest BCUT2D eigenvalue weighted by Gasteiger charge is -2.14. The molecule has 160 valence electrons. The predicted molar refractivity (Wildman–Crippen MR) is 120 cm³/mol. The molecule has 0 saturated heterocycles. The van der Waals surface area contributed by atoms with Gasteiger partial charge in [0.1, 0.15) is 11.6 Å². The molecule has 2 aromatic carbocycles. The number of ether oxygens (including phenoxy) is 1. The minimum absolute atomic E-state index is 0.216. The Labute approximate surface area is 181 Å². The topological polar surface area (TPSA) is 93.2 Å². The van der Waals surface area contributed by atoms with E-state index in [9.17, 15) is 8.42 Å². The molecule has 0 aliphatic heterocycles. The summed E-state index contributed by atoms with van der Waals surface area (Å²) in [5, 5.41) is 3.97. The fraction of sp³-hybridized carbons (Fsp3) is 0.333. The number of nitrogens with one attached hydrogen (secondary N) is 2. The molecule has 3 rings (SSSR count). The van der Waals surface area contributed by atoms with Crippen LogP contribution in [-0.2, 0) is 16.4 Å². The van der Waals surface area contributed by atoms with Gasteiger partial charge in [-0.1, -0.05) is 24.3 Å². The standard InChI is InChI=1S/C21H26N4O3S2/c1-15-6-4-5-7-17(15)14-20-23-21(29-24-20)22-13-12-16(2)25-30(26,27)19-10-8-18(28-3)9-11-19/h4-11,16,25H,12-14H2,1-3H3,(H,22,23,24). The Balaban J connectivity index is 1.48. The molecule has 2 N–H and O–H groups in total. The number of rotatable bonds is 10. The minimum atomic E-state index is -3.57. The Morgan fingerprint density at radius 3 is 2.57 bits per heavy atom. The quantitative estimate of drug-likeness (QED) is 0.494. The average Bonchev–Trinajstić information content (AvgIpc) is 3.16. The van der Waals surface area contributed by atoms with Crippen molar-refractivity contribution in [2.45, 2.75) is 37.6 Å². The maximum absolute atomic E-state index is 12.5. The summed E-state index contributed by atoms with van der Waals surface area (Å²) in [7, 11) is -2.03. The van der Waals surface area contributed by atoms with E-state index in [1.54, 1.807) is 19.2 Å². The third-order valence-electron chi connectivity index (χ3n) is 4.66. The third kappa shape index (κ3) is 6.01. The number of aromatic nitrogens is 2. The van der Waals surface area contributed by atoms with Crippen molar-refractivity contribution in [1.29, 1.82) is 0 Å². The van der Waals surface area contributed by atoms with Crippen molar-refractivity contribution in [1.82, 2.24) is 14.1 Å². The van der Waals surface area contributed by atoms with Gasteiger partial charge in [0.2, 0.25) is 15.2 Å². The molecule has 0 bridgehead atoms. The molecule has 30 heavy (non-hydrogen) atoms. The molecule has 0 aliphatic carbocycles. The van der Waals surface area contributed by atoms with Crippen LogP contribution < -0.4 is 14.8 Å². The van der Waals surface area contributed by atoms with Gasteiger partial charge < -0.3 is 10.1 Å². The normalized spacial score (nSPS) is 12.5. The summed E-state index contributed by atoms with van der Waals surface area (Å²) in [5.41, 5.74) is 2.43. The fourth-order valence-electron chi connectivity index (χ4n) is 2.92. The Morgan fingerprint density at radius 1 is 1.13 bits per heavy atom. The molecule has 9 heteroatoms. The first-order valence-electron chi connectivity index (χ1n) is 9.65. The molecule has 1 atom stereocenters. The molecule has 1 heterocycles. The number of methoxy groups -OCH3 is 1. The van der Waals surface area contributed by atoms with Crippen molar-refractivity contribution in [3.63, 3.8) is 0 Å². The molecule has 1 aromatic heterocycles. The molecule has 0 saturated carbocycles. The molecule has 0 amide bonds. The van der Waals surface area contributed by atoms with Crippen LogP contribution in [0.15, 0.2) is 53.4 Å². The highest BCUT2D eigenvalue weighted by molar-refractivity contribution is 7.89. The Hall–Kier alpha value is -2.49. The van der Waals surface area contributed by atoms with Gasteiger partial charge in [-0.3, -0.25) is 0 Å². The van der Waals surface area contributed by atoms with E-state index in [-0.39, 0.29) is 10.9 Å². The van der Waals surface area contributed by atoms with Crippen LogP contribution in [0, 0.1) is 6.92 Å². The molecular weight excluding hydrogens is 420 g/mol. The first kappa shape index (κ1) is 22.2. The fourth-order valence-corrected chi connectivity index (χ4v) is 4.81. The second kappa shape index (κ2) is 10.0. The smallest absolute Gasteiger partial charge is 0.240 e. The van der Waals surface area contributed by atoms with Crippen molar-refractivity contribution in [2.75, 3.05) is 19.0 Å². The summed E-state index contributed by atoms with van der Waals surface area (Å²) < 4.78 is 37.1. The van der Waals surface area contributed by atoms with Crippen LogP contribution in [-0.4, -0.2) is 37.5 Å². The lowest BCUT2D eigenvalue weighted by Crippen LogP contribution is -2.33. The molecule has 0 radical (unpaired) electrons. The second-order valence-electron chi connectivity index (χ2n) is 7.03. The van der Waals surface area contributed by atoms with Gasteiger partial charge in [0, 0.05) is 30.5 Å². The van der Waals surface area contributed by atoms with Gasteiger partial charge in [0.15, 0.2) is 0 Å². The summed E-state index contributed by atoms with van der Waals surface area (Å²) >= 11 is 1.32. The zero-order valence-electron chi connectivity index (χ0n) is 17.3. The molecular formula is C21H26N4O3S2. The van der Waals surface area contributed by atoms with E-state index in [0.717, 1.165) is 11.0 Å². The summed E-state index contributed by atoms with van der Waals surface area (Å²) in [6, 6.07) is 14.3. The monoisotopic (exact) mass is 446 g/mol. The lowest BCUT2D eigenvalue weighted by atomic mass is 10.1. The SMILES string of the molecule is COc1ccc(S(=O)(=O)NC(C)CCNc2nc(Cc3ccccc3C)ns2)cc1. The number of anilines is 1. The number of benzene rings is 2. The largest absolute Gasteiger partial charge is 0.497 e. The van der Waals surface area contributed by atoms with Gasteiger partial charge in [0.25, 0.3) is 0 Å². The van der Waals surface area contributed by atoms with E-state index >= 15 is 0 Å². The molecule has 0 fully saturated rings. The van der Waals surface area contributed by atoms with Crippen molar-refractivity contribution >= 4 is 26.7 Å². The van der Waals surface area contributed by atoms with Gasteiger partial charge >= 0.3 is 0 Å². The van der Waals surface area contributed by atoms with Crippen LogP contribution in [0.1, 0.15) is 30.3 Å². The number of hydrogen-bond donors (Lipinski definition) is 2. The van der Waals surface area contributed by atoms with E-state index < -0.39 is 10.0 Å². The second-order valence-corrected chi connectivity index (χ2v) is 9.50. The zero-order valence-corrected chi connectivity index (χ0v) is 18.9. The molecule has 7 nitrogen and oxygen atoms in total. The van der Waals surface area contributed by atoms with Crippen LogP contribution in [0.2, 0.25) is 0 Å². The van der Waals surface area contributed by atoms with Crippen molar-refractivity contribution in [2.24, 2.45) is 0 Å². The number of hydrogen-bond acceptors (Lipinski definition) is 7. The van der Waals surface area contributed by atoms with E-state index in [2.05, 4.69) is 38.5 Å². The summed E-state index contributed by atoms with van der Waals surface area (Å²) in [6.07, 6.45) is 1.31. The average molecular weight is 447 g/mol. The maximum Gasteiger partial charge on any atom is 0.240 e. The predicted octanol–water partition coefficient (Wildman–Crippen LogP) is 3.61.